The molecular formula is C17H22O4. The molecule has 2 aliphatic rings. The number of fused-ring (bicyclic) bond motifs is 1. The van der Waals surface area contributed by atoms with Crippen molar-refractivity contribution in [3.63, 3.8) is 0 Å². The fraction of sp³-hybridized carbons (Fsp3) is 0.529. The Bertz CT molecular complexity index is 485. The zero-order valence-corrected chi connectivity index (χ0v) is 12.5. The quantitative estimate of drug-likeness (QED) is 0.781. The fourth-order valence-electron chi connectivity index (χ4n) is 2.91. The molecule has 2 aliphatic heterocycles. The van der Waals surface area contributed by atoms with Gasteiger partial charge in [0.15, 0.2) is 5.79 Å². The average Bonchev–Trinajstić information content (AvgIpc) is 2.94. The van der Waals surface area contributed by atoms with Crippen molar-refractivity contribution < 1.29 is 18.9 Å². The van der Waals surface area contributed by atoms with E-state index in [0.717, 1.165) is 5.56 Å². The predicted octanol–water partition coefficient (Wildman–Crippen LogP) is 2.68. The lowest BCUT2D eigenvalue weighted by atomic mass is 10.1. The molecule has 0 bridgehead atoms. The second kappa shape index (κ2) is 5.89. The lowest BCUT2D eigenvalue weighted by molar-refractivity contribution is -0.187. The van der Waals surface area contributed by atoms with Gasteiger partial charge in [-0.1, -0.05) is 36.4 Å². The lowest BCUT2D eigenvalue weighted by Gasteiger charge is -2.23. The van der Waals surface area contributed by atoms with Crippen molar-refractivity contribution in [2.45, 2.75) is 50.7 Å². The molecule has 0 N–H and O–H groups in total. The molecule has 0 unspecified atom stereocenters. The molecule has 2 fully saturated rings. The molecule has 1 aromatic rings. The van der Waals surface area contributed by atoms with Crippen LogP contribution in [0.5, 0.6) is 0 Å². The van der Waals surface area contributed by atoms with Gasteiger partial charge >= 0.3 is 0 Å². The molecule has 2 heterocycles. The molecule has 0 spiro atoms. The Labute approximate surface area is 125 Å². The molecule has 4 atom stereocenters. The van der Waals surface area contributed by atoms with Crippen LogP contribution in [0, 0.1) is 0 Å². The van der Waals surface area contributed by atoms with Crippen LogP contribution in [0.3, 0.4) is 0 Å². The van der Waals surface area contributed by atoms with Crippen LogP contribution in [0.1, 0.15) is 19.4 Å². The summed E-state index contributed by atoms with van der Waals surface area (Å²) in [6.07, 6.45) is 1.33. The Kier molecular flexibility index (Phi) is 4.13. The molecule has 0 radical (unpaired) electrons. The van der Waals surface area contributed by atoms with Crippen LogP contribution in [-0.4, -0.2) is 36.8 Å². The first-order valence-electron chi connectivity index (χ1n) is 7.34. The summed E-state index contributed by atoms with van der Waals surface area (Å²) in [5.41, 5.74) is 1.15. The molecule has 1 aromatic carbocycles. The van der Waals surface area contributed by atoms with Crippen molar-refractivity contribution in [2.75, 3.05) is 6.61 Å². The zero-order valence-electron chi connectivity index (χ0n) is 12.5. The van der Waals surface area contributed by atoms with E-state index in [0.29, 0.717) is 13.2 Å². The van der Waals surface area contributed by atoms with Crippen LogP contribution in [0.4, 0.5) is 0 Å². The monoisotopic (exact) mass is 290 g/mol. The number of hydrogen-bond acceptors (Lipinski definition) is 4. The maximum absolute atomic E-state index is 5.95. The van der Waals surface area contributed by atoms with Crippen LogP contribution < -0.4 is 0 Å². The summed E-state index contributed by atoms with van der Waals surface area (Å²) in [6.45, 7) is 8.72. The third-order valence-corrected chi connectivity index (χ3v) is 3.81. The average molecular weight is 290 g/mol. The SMILES string of the molecule is C=C[C@@H]1O[C@H](COCc2ccccc2)[C@@H]2OC(C)(C)O[C@@H]21. The van der Waals surface area contributed by atoms with Crippen molar-refractivity contribution in [1.29, 1.82) is 0 Å². The Morgan fingerprint density at radius 3 is 2.62 bits per heavy atom. The predicted molar refractivity (Wildman–Crippen MR) is 78.8 cm³/mol. The van der Waals surface area contributed by atoms with Crippen LogP contribution in [-0.2, 0) is 25.6 Å². The Morgan fingerprint density at radius 1 is 1.19 bits per heavy atom. The Hall–Kier alpha value is -1.20. The van der Waals surface area contributed by atoms with E-state index in [1.165, 1.54) is 0 Å². The van der Waals surface area contributed by atoms with Gasteiger partial charge in [0.25, 0.3) is 0 Å². The van der Waals surface area contributed by atoms with E-state index in [4.69, 9.17) is 18.9 Å². The Balaban J connectivity index is 1.57. The van der Waals surface area contributed by atoms with Gasteiger partial charge in [-0.2, -0.15) is 0 Å². The van der Waals surface area contributed by atoms with Gasteiger partial charge < -0.3 is 18.9 Å². The van der Waals surface area contributed by atoms with E-state index < -0.39 is 5.79 Å². The number of benzene rings is 1. The van der Waals surface area contributed by atoms with Gasteiger partial charge in [0, 0.05) is 0 Å². The zero-order chi connectivity index (χ0) is 14.9. The molecular weight excluding hydrogens is 268 g/mol. The first-order chi connectivity index (χ1) is 10.1. The summed E-state index contributed by atoms with van der Waals surface area (Å²) in [5, 5.41) is 0. The molecule has 4 heteroatoms. The maximum atomic E-state index is 5.95. The van der Waals surface area contributed by atoms with Crippen molar-refractivity contribution in [1.82, 2.24) is 0 Å². The molecule has 21 heavy (non-hydrogen) atoms. The second-order valence-corrected chi connectivity index (χ2v) is 5.94. The van der Waals surface area contributed by atoms with Gasteiger partial charge in [0.2, 0.25) is 0 Å². The summed E-state index contributed by atoms with van der Waals surface area (Å²) in [5.74, 6) is -0.571. The van der Waals surface area contributed by atoms with Crippen molar-refractivity contribution >= 4 is 0 Å². The van der Waals surface area contributed by atoms with E-state index in [9.17, 15) is 0 Å². The van der Waals surface area contributed by atoms with Crippen LogP contribution in [0.2, 0.25) is 0 Å². The van der Waals surface area contributed by atoms with Gasteiger partial charge in [-0.15, -0.1) is 6.58 Å². The highest BCUT2D eigenvalue weighted by Crippen LogP contribution is 2.39. The highest BCUT2D eigenvalue weighted by atomic mass is 16.8. The number of rotatable bonds is 5. The summed E-state index contributed by atoms with van der Waals surface area (Å²) in [6, 6.07) is 10.1. The van der Waals surface area contributed by atoms with E-state index in [1.54, 1.807) is 6.08 Å². The molecule has 0 aromatic heterocycles. The normalized spacial score (nSPS) is 33.8. The molecule has 4 nitrogen and oxygen atoms in total. The van der Waals surface area contributed by atoms with Crippen molar-refractivity contribution in [3.05, 3.63) is 48.6 Å². The van der Waals surface area contributed by atoms with Gasteiger partial charge in [-0.25, -0.2) is 0 Å². The fourth-order valence-corrected chi connectivity index (χ4v) is 2.91. The van der Waals surface area contributed by atoms with E-state index in [-0.39, 0.29) is 24.4 Å². The summed E-state index contributed by atoms with van der Waals surface area (Å²) in [4.78, 5) is 0. The number of ether oxygens (including phenoxy) is 4. The maximum Gasteiger partial charge on any atom is 0.164 e. The topological polar surface area (TPSA) is 36.9 Å². The van der Waals surface area contributed by atoms with Gasteiger partial charge in [-0.3, -0.25) is 0 Å². The second-order valence-electron chi connectivity index (χ2n) is 5.94. The molecule has 2 saturated heterocycles. The third-order valence-electron chi connectivity index (χ3n) is 3.81. The van der Waals surface area contributed by atoms with Crippen LogP contribution >= 0.6 is 0 Å². The molecule has 0 amide bonds. The van der Waals surface area contributed by atoms with E-state index in [2.05, 4.69) is 6.58 Å². The van der Waals surface area contributed by atoms with Crippen LogP contribution in [0.15, 0.2) is 43.0 Å². The molecule has 114 valence electrons. The summed E-state index contributed by atoms with van der Waals surface area (Å²) < 4.78 is 23.5. The minimum Gasteiger partial charge on any atom is -0.374 e. The standard InChI is InChI=1S/C17H22O4/c1-4-13-15-16(21-17(2,3)20-15)14(19-13)11-18-10-12-8-6-5-7-9-12/h4-9,13-16H,1,10-11H2,2-3H3/t13-,14+,15+,16-/m0/s1. The highest BCUT2D eigenvalue weighted by molar-refractivity contribution is 5.13. The minimum atomic E-state index is -0.571. The first kappa shape index (κ1) is 14.7. The molecule has 0 saturated carbocycles. The minimum absolute atomic E-state index is 0.0946. The largest absolute Gasteiger partial charge is 0.374 e. The number of hydrogen-bond donors (Lipinski definition) is 0. The summed E-state index contributed by atoms with van der Waals surface area (Å²) in [7, 11) is 0. The van der Waals surface area contributed by atoms with Gasteiger partial charge in [0.1, 0.15) is 24.4 Å². The third kappa shape index (κ3) is 3.19. The van der Waals surface area contributed by atoms with Gasteiger partial charge in [0.05, 0.1) is 13.2 Å². The van der Waals surface area contributed by atoms with Crippen LogP contribution in [0.25, 0.3) is 0 Å². The van der Waals surface area contributed by atoms with E-state index >= 15 is 0 Å². The first-order valence-corrected chi connectivity index (χ1v) is 7.34. The lowest BCUT2D eigenvalue weighted by Crippen LogP contribution is -2.32. The Morgan fingerprint density at radius 2 is 1.90 bits per heavy atom. The van der Waals surface area contributed by atoms with Gasteiger partial charge in [-0.05, 0) is 19.4 Å². The van der Waals surface area contributed by atoms with Crippen molar-refractivity contribution in [2.24, 2.45) is 0 Å². The molecule has 0 aliphatic carbocycles. The highest BCUT2D eigenvalue weighted by Gasteiger charge is 2.54. The molecule has 3 rings (SSSR count). The summed E-state index contributed by atoms with van der Waals surface area (Å²) >= 11 is 0. The smallest absolute Gasteiger partial charge is 0.164 e. The van der Waals surface area contributed by atoms with E-state index in [1.807, 2.05) is 44.2 Å². The van der Waals surface area contributed by atoms with Crippen molar-refractivity contribution in [3.8, 4) is 0 Å².